The lowest BCUT2D eigenvalue weighted by Crippen LogP contribution is -2.60. The van der Waals surface area contributed by atoms with E-state index in [1.807, 2.05) is 0 Å². The van der Waals surface area contributed by atoms with Gasteiger partial charge in [-0.2, -0.15) is 13.2 Å². The van der Waals surface area contributed by atoms with Crippen LogP contribution in [0.25, 0.3) is 0 Å². The van der Waals surface area contributed by atoms with Gasteiger partial charge >= 0.3 is 6.18 Å². The molecule has 2 N–H and O–H groups in total. The van der Waals surface area contributed by atoms with E-state index in [4.69, 9.17) is 5.73 Å². The number of halogens is 3. The van der Waals surface area contributed by atoms with Gasteiger partial charge in [-0.3, -0.25) is 4.90 Å². The van der Waals surface area contributed by atoms with Crippen molar-refractivity contribution >= 4 is 0 Å². The van der Waals surface area contributed by atoms with E-state index >= 15 is 0 Å². The van der Waals surface area contributed by atoms with Gasteiger partial charge in [0.2, 0.25) is 0 Å². The molecule has 1 aliphatic heterocycles. The Morgan fingerprint density at radius 1 is 1.16 bits per heavy atom. The third-order valence-corrected chi connectivity index (χ3v) is 5.17. The summed E-state index contributed by atoms with van der Waals surface area (Å²) in [5.41, 5.74) is 5.78. The smallest absolute Gasteiger partial charge is 0.329 e. The highest BCUT2D eigenvalue weighted by molar-refractivity contribution is 4.99. The molecule has 1 heterocycles. The lowest BCUT2D eigenvalue weighted by atomic mass is 9.73. The predicted octanol–water partition coefficient (Wildman–Crippen LogP) is 3.31. The Kier molecular flexibility index (Phi) is 4.45. The summed E-state index contributed by atoms with van der Waals surface area (Å²) in [5, 5.41) is 0. The number of nitrogens with zero attached hydrogens (tertiary/aromatic N) is 1. The van der Waals surface area contributed by atoms with Crippen LogP contribution in [-0.4, -0.2) is 35.7 Å². The monoisotopic (exact) mass is 278 g/mol. The van der Waals surface area contributed by atoms with Crippen LogP contribution in [0.2, 0.25) is 0 Å². The summed E-state index contributed by atoms with van der Waals surface area (Å²) >= 11 is 0. The number of rotatable bonds is 2. The molecule has 1 atom stereocenters. The summed E-state index contributed by atoms with van der Waals surface area (Å²) < 4.78 is 38.3. The minimum Gasteiger partial charge on any atom is -0.329 e. The van der Waals surface area contributed by atoms with Crippen molar-refractivity contribution in [3.63, 3.8) is 0 Å². The Hall–Kier alpha value is -0.290. The van der Waals surface area contributed by atoms with Gasteiger partial charge in [-0.25, -0.2) is 0 Å². The number of hydrogen-bond acceptors (Lipinski definition) is 2. The Morgan fingerprint density at radius 3 is 2.26 bits per heavy atom. The fourth-order valence-corrected chi connectivity index (χ4v) is 3.89. The van der Waals surface area contributed by atoms with Crippen LogP contribution in [0.4, 0.5) is 13.2 Å². The number of alkyl halides is 3. The highest BCUT2D eigenvalue weighted by atomic mass is 19.4. The van der Waals surface area contributed by atoms with E-state index in [1.165, 1.54) is 6.42 Å². The topological polar surface area (TPSA) is 29.3 Å². The van der Waals surface area contributed by atoms with Crippen LogP contribution in [0.1, 0.15) is 51.9 Å². The van der Waals surface area contributed by atoms with Crippen molar-refractivity contribution in [3.05, 3.63) is 0 Å². The van der Waals surface area contributed by atoms with Gasteiger partial charge in [0.1, 0.15) is 0 Å². The minimum atomic E-state index is -4.03. The van der Waals surface area contributed by atoms with Gasteiger partial charge < -0.3 is 5.73 Å². The zero-order valence-corrected chi connectivity index (χ0v) is 11.7. The van der Waals surface area contributed by atoms with Gasteiger partial charge in [-0.15, -0.1) is 0 Å². The number of nitrogens with two attached hydrogens (primary N) is 1. The molecule has 1 saturated carbocycles. The lowest BCUT2D eigenvalue weighted by molar-refractivity contribution is -0.189. The molecular formula is C14H25F3N2. The van der Waals surface area contributed by atoms with Gasteiger partial charge in [0.05, 0.1) is 5.92 Å². The summed E-state index contributed by atoms with van der Waals surface area (Å²) in [6.07, 6.45) is 1.15. The molecule has 0 aromatic heterocycles. The van der Waals surface area contributed by atoms with Crippen molar-refractivity contribution < 1.29 is 13.2 Å². The summed E-state index contributed by atoms with van der Waals surface area (Å²) in [6, 6.07) is 0.458. The van der Waals surface area contributed by atoms with Crippen molar-refractivity contribution in [1.29, 1.82) is 0 Å². The molecule has 0 spiro atoms. The molecule has 1 aliphatic carbocycles. The average Bonchev–Trinajstić information content (AvgIpc) is 2.38. The number of likely N-dealkylation sites (tertiary alicyclic amines) is 1. The largest absolute Gasteiger partial charge is 0.391 e. The fourth-order valence-electron chi connectivity index (χ4n) is 3.89. The van der Waals surface area contributed by atoms with Crippen molar-refractivity contribution in [2.24, 2.45) is 11.7 Å². The van der Waals surface area contributed by atoms with E-state index in [2.05, 4.69) is 11.8 Å². The molecule has 0 radical (unpaired) electrons. The predicted molar refractivity (Wildman–Crippen MR) is 69.8 cm³/mol. The molecule has 2 aliphatic rings. The van der Waals surface area contributed by atoms with Crippen LogP contribution < -0.4 is 5.73 Å². The first kappa shape index (κ1) is 15.1. The minimum absolute atomic E-state index is 0.179. The van der Waals surface area contributed by atoms with Crippen LogP contribution in [0.3, 0.4) is 0 Å². The SMILES string of the molecule is CC1CCCCN1C1(CN)CCC(C(F)(F)F)CC1. The normalized spacial score (nSPS) is 38.4. The first-order valence-electron chi connectivity index (χ1n) is 7.42. The van der Waals surface area contributed by atoms with E-state index in [9.17, 15) is 13.2 Å². The van der Waals surface area contributed by atoms with Gasteiger partial charge in [-0.1, -0.05) is 6.42 Å². The van der Waals surface area contributed by atoms with Crippen LogP contribution >= 0.6 is 0 Å². The van der Waals surface area contributed by atoms with E-state index in [1.54, 1.807) is 0 Å². The van der Waals surface area contributed by atoms with Gasteiger partial charge in [0, 0.05) is 18.1 Å². The summed E-state index contributed by atoms with van der Waals surface area (Å²) in [5.74, 6) is -1.12. The van der Waals surface area contributed by atoms with Crippen LogP contribution in [-0.2, 0) is 0 Å². The van der Waals surface area contributed by atoms with Crippen molar-refractivity contribution in [1.82, 2.24) is 4.90 Å². The highest BCUT2D eigenvalue weighted by Gasteiger charge is 2.48. The molecule has 0 bridgehead atoms. The maximum absolute atomic E-state index is 12.8. The fraction of sp³-hybridized carbons (Fsp3) is 1.00. The highest BCUT2D eigenvalue weighted by Crippen LogP contribution is 2.44. The molecule has 0 aromatic rings. The quantitative estimate of drug-likeness (QED) is 0.839. The average molecular weight is 278 g/mol. The van der Waals surface area contributed by atoms with Gasteiger partial charge in [-0.05, 0) is 52.0 Å². The van der Waals surface area contributed by atoms with Crippen LogP contribution in [0, 0.1) is 5.92 Å². The zero-order valence-electron chi connectivity index (χ0n) is 11.7. The van der Waals surface area contributed by atoms with Crippen molar-refractivity contribution in [2.75, 3.05) is 13.1 Å². The Labute approximate surface area is 113 Å². The van der Waals surface area contributed by atoms with Crippen LogP contribution in [0.5, 0.6) is 0 Å². The first-order chi connectivity index (χ1) is 8.89. The van der Waals surface area contributed by atoms with E-state index < -0.39 is 12.1 Å². The summed E-state index contributed by atoms with van der Waals surface area (Å²) in [7, 11) is 0. The van der Waals surface area contributed by atoms with E-state index in [-0.39, 0.29) is 18.4 Å². The van der Waals surface area contributed by atoms with Crippen molar-refractivity contribution in [2.45, 2.75) is 69.6 Å². The zero-order chi connectivity index (χ0) is 14.1. The Bertz CT molecular complexity index is 296. The second-order valence-electron chi connectivity index (χ2n) is 6.28. The van der Waals surface area contributed by atoms with Gasteiger partial charge in [0.15, 0.2) is 0 Å². The third-order valence-electron chi connectivity index (χ3n) is 5.17. The maximum Gasteiger partial charge on any atom is 0.391 e. The molecule has 1 saturated heterocycles. The summed E-state index contributed by atoms with van der Waals surface area (Å²) in [6.45, 7) is 3.67. The van der Waals surface area contributed by atoms with Crippen molar-refractivity contribution in [3.8, 4) is 0 Å². The molecule has 2 nitrogen and oxygen atoms in total. The standard InChI is InChI=1S/C14H25F3N2/c1-11-4-2-3-9-19(11)13(10-18)7-5-12(6-8-13)14(15,16)17/h11-12H,2-10,18H2,1H3. The molecule has 0 amide bonds. The first-order valence-corrected chi connectivity index (χ1v) is 7.42. The maximum atomic E-state index is 12.8. The molecule has 2 fully saturated rings. The number of piperidine rings is 1. The molecule has 5 heteroatoms. The molecular weight excluding hydrogens is 253 g/mol. The van der Waals surface area contributed by atoms with E-state index in [0.29, 0.717) is 25.4 Å². The Balaban J connectivity index is 2.05. The van der Waals surface area contributed by atoms with E-state index in [0.717, 1.165) is 19.4 Å². The Morgan fingerprint density at radius 2 is 1.79 bits per heavy atom. The number of hydrogen-bond donors (Lipinski definition) is 1. The molecule has 2 rings (SSSR count). The summed E-state index contributed by atoms with van der Waals surface area (Å²) in [4.78, 5) is 2.41. The molecule has 112 valence electrons. The van der Waals surface area contributed by atoms with Crippen LogP contribution in [0.15, 0.2) is 0 Å². The lowest BCUT2D eigenvalue weighted by Gasteiger charge is -2.52. The van der Waals surface area contributed by atoms with Gasteiger partial charge in [0.25, 0.3) is 0 Å². The second kappa shape index (κ2) is 5.60. The molecule has 19 heavy (non-hydrogen) atoms. The molecule has 0 aromatic carbocycles. The second-order valence-corrected chi connectivity index (χ2v) is 6.28. The third kappa shape index (κ3) is 3.07. The molecule has 1 unspecified atom stereocenters.